The number of rotatable bonds is 6. The summed E-state index contributed by atoms with van der Waals surface area (Å²) in [7, 11) is 4.88. The average molecular weight is 474 g/mol. The highest BCUT2D eigenvalue weighted by Gasteiger charge is 2.41. The second-order valence-electron chi connectivity index (χ2n) is 8.91. The van der Waals surface area contributed by atoms with Gasteiger partial charge in [-0.05, 0) is 42.3 Å². The number of amides is 1. The Morgan fingerprint density at radius 2 is 1.69 bits per heavy atom. The molecule has 2 atom stereocenters. The van der Waals surface area contributed by atoms with Crippen molar-refractivity contribution in [2.45, 2.75) is 12.5 Å². The number of nitrogens with one attached hydrogen (secondary N) is 1. The molecule has 5 rings (SSSR count). The number of para-hydroxylation sites is 1. The normalized spacial score (nSPS) is 18.8. The number of carbonyl (C=O) groups is 1. The highest BCUT2D eigenvalue weighted by Crippen LogP contribution is 2.39. The number of nitrogens with zero attached hydrogens (tertiary/aromatic N) is 2. The highest BCUT2D eigenvalue weighted by atomic mass is 16.5. The van der Waals surface area contributed by atoms with Crippen molar-refractivity contribution in [1.82, 2.24) is 0 Å². The molecule has 1 amide bonds. The Morgan fingerprint density at radius 3 is 2.43 bits per heavy atom. The van der Waals surface area contributed by atoms with Gasteiger partial charge in [0.2, 0.25) is 5.91 Å². The predicted molar refractivity (Wildman–Crippen MR) is 138 cm³/mol. The van der Waals surface area contributed by atoms with E-state index in [1.165, 1.54) is 11.3 Å². The Kier molecular flexibility index (Phi) is 6.40. The summed E-state index contributed by atoms with van der Waals surface area (Å²) < 4.78 is 16.3. The predicted octanol–water partition coefficient (Wildman–Crippen LogP) is 4.22. The molecular formula is C28H31N3O4. The number of anilines is 3. The Hall–Kier alpha value is -3.87. The van der Waals surface area contributed by atoms with Gasteiger partial charge in [0.05, 0.1) is 33.3 Å². The molecule has 0 aliphatic carbocycles. The zero-order chi connectivity index (χ0) is 24.4. The summed E-state index contributed by atoms with van der Waals surface area (Å²) >= 11 is 0. The molecule has 7 heteroatoms. The molecule has 0 radical (unpaired) electrons. The fourth-order valence-corrected chi connectivity index (χ4v) is 5.23. The Bertz CT molecular complexity index is 1200. The van der Waals surface area contributed by atoms with E-state index in [4.69, 9.17) is 14.2 Å². The van der Waals surface area contributed by atoms with Gasteiger partial charge in [0.15, 0.2) is 11.5 Å². The standard InChI is InChI=1S/C28H31N3O4/c1-33-22-11-9-19-15-23(28(32)29-20-10-12-26(34-2)27(16-20)35-3)25-18-30(21-7-5-4-6-8-21)13-14-31(25)24(19)17-22/h4-12,16-17,23,25H,13-15,18H2,1-3H3,(H,29,32)/t23-,25-/m1/s1. The second-order valence-corrected chi connectivity index (χ2v) is 8.91. The number of fused-ring (bicyclic) bond motifs is 3. The van der Waals surface area contributed by atoms with Gasteiger partial charge < -0.3 is 29.3 Å². The minimum absolute atomic E-state index is 0.00333. The Morgan fingerprint density at radius 1 is 0.886 bits per heavy atom. The number of piperazine rings is 1. The smallest absolute Gasteiger partial charge is 0.229 e. The van der Waals surface area contributed by atoms with Crippen LogP contribution in [0.25, 0.3) is 0 Å². The van der Waals surface area contributed by atoms with E-state index in [0.717, 1.165) is 31.1 Å². The van der Waals surface area contributed by atoms with Crippen LogP contribution in [0, 0.1) is 5.92 Å². The van der Waals surface area contributed by atoms with E-state index in [9.17, 15) is 4.79 Å². The zero-order valence-corrected chi connectivity index (χ0v) is 20.4. The van der Waals surface area contributed by atoms with Crippen LogP contribution in [-0.4, -0.2) is 52.9 Å². The number of benzene rings is 3. The summed E-state index contributed by atoms with van der Waals surface area (Å²) in [4.78, 5) is 18.5. The number of hydrogen-bond acceptors (Lipinski definition) is 6. The van der Waals surface area contributed by atoms with E-state index < -0.39 is 0 Å². The van der Waals surface area contributed by atoms with E-state index >= 15 is 0 Å². The maximum absolute atomic E-state index is 13.7. The third-order valence-electron chi connectivity index (χ3n) is 7.03. The first kappa shape index (κ1) is 22.9. The zero-order valence-electron chi connectivity index (χ0n) is 20.4. The number of ether oxygens (including phenoxy) is 3. The first-order valence-corrected chi connectivity index (χ1v) is 11.9. The van der Waals surface area contributed by atoms with Crippen LogP contribution >= 0.6 is 0 Å². The van der Waals surface area contributed by atoms with Gasteiger partial charge in [-0.1, -0.05) is 24.3 Å². The minimum Gasteiger partial charge on any atom is -0.497 e. The summed E-state index contributed by atoms with van der Waals surface area (Å²) in [5, 5.41) is 3.13. The van der Waals surface area contributed by atoms with Crippen LogP contribution in [-0.2, 0) is 11.2 Å². The van der Waals surface area contributed by atoms with Crippen LogP contribution in [0.1, 0.15) is 5.56 Å². The van der Waals surface area contributed by atoms with Crippen LogP contribution in [0.15, 0.2) is 66.7 Å². The largest absolute Gasteiger partial charge is 0.497 e. The van der Waals surface area contributed by atoms with Crippen molar-refractivity contribution < 1.29 is 19.0 Å². The van der Waals surface area contributed by atoms with Crippen LogP contribution in [0.2, 0.25) is 0 Å². The van der Waals surface area contributed by atoms with Crippen LogP contribution in [0.4, 0.5) is 17.1 Å². The summed E-state index contributed by atoms with van der Waals surface area (Å²) in [5.74, 6) is 1.84. The number of carbonyl (C=O) groups excluding carboxylic acids is 1. The molecule has 1 saturated heterocycles. The van der Waals surface area contributed by atoms with Gasteiger partial charge in [0.1, 0.15) is 5.75 Å². The fraction of sp³-hybridized carbons (Fsp3) is 0.321. The molecule has 3 aromatic rings. The van der Waals surface area contributed by atoms with Crippen molar-refractivity contribution >= 4 is 23.0 Å². The molecule has 0 bridgehead atoms. The highest BCUT2D eigenvalue weighted by molar-refractivity contribution is 5.94. The quantitative estimate of drug-likeness (QED) is 0.579. The van der Waals surface area contributed by atoms with E-state index in [0.29, 0.717) is 23.6 Å². The lowest BCUT2D eigenvalue weighted by molar-refractivity contribution is -0.120. The van der Waals surface area contributed by atoms with Crippen molar-refractivity contribution in [1.29, 1.82) is 0 Å². The lowest BCUT2D eigenvalue weighted by atomic mass is 9.83. The third kappa shape index (κ3) is 4.46. The van der Waals surface area contributed by atoms with E-state index in [2.05, 4.69) is 51.5 Å². The molecule has 0 saturated carbocycles. The van der Waals surface area contributed by atoms with Gasteiger partial charge >= 0.3 is 0 Å². The average Bonchev–Trinajstić information content (AvgIpc) is 2.92. The summed E-state index contributed by atoms with van der Waals surface area (Å²) in [5.41, 5.74) is 4.21. The number of hydrogen-bond donors (Lipinski definition) is 1. The van der Waals surface area contributed by atoms with Crippen molar-refractivity contribution in [2.24, 2.45) is 5.92 Å². The van der Waals surface area contributed by atoms with Gasteiger partial charge in [-0.2, -0.15) is 0 Å². The molecule has 2 aliphatic heterocycles. The van der Waals surface area contributed by atoms with Gasteiger partial charge in [-0.25, -0.2) is 0 Å². The number of methoxy groups -OCH3 is 3. The van der Waals surface area contributed by atoms with Crippen molar-refractivity contribution in [3.8, 4) is 17.2 Å². The van der Waals surface area contributed by atoms with Gasteiger partial charge in [0.25, 0.3) is 0 Å². The van der Waals surface area contributed by atoms with Gasteiger partial charge in [-0.15, -0.1) is 0 Å². The maximum atomic E-state index is 13.7. The molecule has 2 heterocycles. The van der Waals surface area contributed by atoms with Crippen LogP contribution in [0.5, 0.6) is 17.2 Å². The molecule has 2 aliphatic rings. The van der Waals surface area contributed by atoms with Gasteiger partial charge in [-0.3, -0.25) is 4.79 Å². The minimum atomic E-state index is -0.212. The first-order valence-electron chi connectivity index (χ1n) is 11.9. The van der Waals surface area contributed by atoms with E-state index in [1.807, 2.05) is 18.2 Å². The Balaban J connectivity index is 1.45. The van der Waals surface area contributed by atoms with Crippen LogP contribution in [0.3, 0.4) is 0 Å². The van der Waals surface area contributed by atoms with Crippen molar-refractivity contribution in [3.63, 3.8) is 0 Å². The molecule has 35 heavy (non-hydrogen) atoms. The molecule has 182 valence electrons. The summed E-state index contributed by atoms with van der Waals surface area (Å²) in [6, 6.07) is 22.1. The van der Waals surface area contributed by atoms with Crippen molar-refractivity contribution in [2.75, 3.05) is 56.1 Å². The maximum Gasteiger partial charge on any atom is 0.229 e. The molecule has 0 spiro atoms. The summed E-state index contributed by atoms with van der Waals surface area (Å²) in [6.45, 7) is 2.49. The van der Waals surface area contributed by atoms with E-state index in [1.54, 1.807) is 33.5 Å². The topological polar surface area (TPSA) is 63.3 Å². The molecule has 1 fully saturated rings. The monoisotopic (exact) mass is 473 g/mol. The third-order valence-corrected chi connectivity index (χ3v) is 7.03. The lowest BCUT2D eigenvalue weighted by Crippen LogP contribution is -2.60. The fourth-order valence-electron chi connectivity index (χ4n) is 5.23. The van der Waals surface area contributed by atoms with Crippen molar-refractivity contribution in [3.05, 3.63) is 72.3 Å². The Labute approximate surface area is 206 Å². The molecule has 3 aromatic carbocycles. The molecular weight excluding hydrogens is 442 g/mol. The van der Waals surface area contributed by atoms with E-state index in [-0.39, 0.29) is 17.9 Å². The first-order chi connectivity index (χ1) is 17.1. The van der Waals surface area contributed by atoms with Gasteiger partial charge in [0, 0.05) is 48.8 Å². The molecule has 1 N–H and O–H groups in total. The SMILES string of the molecule is COc1ccc2c(c1)N1CCN(c3ccccc3)C[C@@H]1[C@H](C(=O)Nc1ccc(OC)c(OC)c1)C2. The second kappa shape index (κ2) is 9.78. The summed E-state index contributed by atoms with van der Waals surface area (Å²) in [6.07, 6.45) is 0.669. The van der Waals surface area contributed by atoms with Crippen LogP contribution < -0.4 is 29.3 Å². The lowest BCUT2D eigenvalue weighted by Gasteiger charge is -2.49. The molecule has 7 nitrogen and oxygen atoms in total. The molecule has 0 aromatic heterocycles. The molecule has 0 unspecified atom stereocenters.